The second-order valence-corrected chi connectivity index (χ2v) is 13.5. The van der Waals surface area contributed by atoms with Gasteiger partial charge in [0.15, 0.2) is 0 Å². The van der Waals surface area contributed by atoms with Crippen molar-refractivity contribution in [3.8, 4) is 22.4 Å². The molecular formula is C44H30N4. The smallest absolute Gasteiger partial charge is 0.235 e. The number of aromatic nitrogens is 3. The zero-order valence-electron chi connectivity index (χ0n) is 26.2. The number of fused-ring (bicyclic) bond motifs is 4. The highest BCUT2D eigenvalue weighted by Gasteiger charge is 2.53. The molecule has 0 spiro atoms. The molecule has 226 valence electrons. The minimum Gasteiger partial charge on any atom is -0.337 e. The van der Waals surface area contributed by atoms with Crippen molar-refractivity contribution in [3.63, 3.8) is 0 Å². The molecule has 1 fully saturated rings. The lowest BCUT2D eigenvalue weighted by molar-refractivity contribution is 0.550. The molecule has 2 bridgehead atoms. The van der Waals surface area contributed by atoms with Crippen LogP contribution in [0.15, 0.2) is 146 Å². The van der Waals surface area contributed by atoms with E-state index in [1.807, 2.05) is 0 Å². The Labute approximate surface area is 278 Å². The number of benzene rings is 5. The molecule has 1 aliphatic heterocycles. The van der Waals surface area contributed by atoms with Crippen molar-refractivity contribution in [1.29, 1.82) is 0 Å². The van der Waals surface area contributed by atoms with Crippen molar-refractivity contribution >= 4 is 45.1 Å². The Morgan fingerprint density at radius 3 is 2.44 bits per heavy atom. The zero-order chi connectivity index (χ0) is 31.4. The maximum absolute atomic E-state index is 5.45. The minimum atomic E-state index is 0.0167. The first-order valence-corrected chi connectivity index (χ1v) is 16.8. The molecule has 2 aromatic heterocycles. The number of allylic oxidation sites excluding steroid dienone is 4. The number of para-hydroxylation sites is 1. The lowest BCUT2D eigenvalue weighted by Crippen LogP contribution is -2.39. The molecule has 0 amide bonds. The van der Waals surface area contributed by atoms with Crippen LogP contribution in [0, 0.1) is 5.92 Å². The summed E-state index contributed by atoms with van der Waals surface area (Å²) in [6, 6.07) is 41.3. The van der Waals surface area contributed by atoms with Gasteiger partial charge in [0.1, 0.15) is 0 Å². The Bertz CT molecular complexity index is 2680. The Kier molecular flexibility index (Phi) is 5.18. The van der Waals surface area contributed by atoms with Gasteiger partial charge in [-0.15, -0.1) is 0 Å². The number of hydrogen-bond acceptors (Lipinski definition) is 3. The fourth-order valence-electron chi connectivity index (χ4n) is 8.48. The number of nitrogens with zero attached hydrogens (tertiary/aromatic N) is 4. The molecule has 2 atom stereocenters. The van der Waals surface area contributed by atoms with E-state index in [0.29, 0.717) is 11.9 Å². The summed E-state index contributed by atoms with van der Waals surface area (Å²) in [5, 5.41) is 6.11. The van der Waals surface area contributed by atoms with Gasteiger partial charge < -0.3 is 4.57 Å². The first-order chi connectivity index (χ1) is 23.7. The highest BCUT2D eigenvalue weighted by Crippen LogP contribution is 2.53. The van der Waals surface area contributed by atoms with Gasteiger partial charge in [0.25, 0.3) is 0 Å². The lowest BCUT2D eigenvalue weighted by Gasteiger charge is -2.32. The van der Waals surface area contributed by atoms with Gasteiger partial charge >= 0.3 is 0 Å². The van der Waals surface area contributed by atoms with Crippen LogP contribution in [0.4, 0.5) is 11.6 Å². The third-order valence-electron chi connectivity index (χ3n) is 10.9. The van der Waals surface area contributed by atoms with Gasteiger partial charge in [-0.25, -0.2) is 9.97 Å². The molecule has 4 heteroatoms. The van der Waals surface area contributed by atoms with Crippen molar-refractivity contribution in [3.05, 3.63) is 167 Å². The first kappa shape index (κ1) is 26.1. The van der Waals surface area contributed by atoms with Gasteiger partial charge in [-0.1, -0.05) is 121 Å². The molecule has 7 aromatic rings. The summed E-state index contributed by atoms with van der Waals surface area (Å²) in [6.07, 6.45) is 15.9. The van der Waals surface area contributed by atoms with Crippen molar-refractivity contribution in [2.75, 3.05) is 4.90 Å². The second-order valence-electron chi connectivity index (χ2n) is 13.5. The molecule has 0 radical (unpaired) electrons. The molecule has 0 N–H and O–H groups in total. The zero-order valence-corrected chi connectivity index (χ0v) is 26.2. The van der Waals surface area contributed by atoms with E-state index in [4.69, 9.17) is 9.97 Å². The summed E-state index contributed by atoms with van der Waals surface area (Å²) in [6.45, 7) is 0. The summed E-state index contributed by atoms with van der Waals surface area (Å²) < 4.78 is 2.53. The molecule has 4 aliphatic rings. The monoisotopic (exact) mass is 614 g/mol. The van der Waals surface area contributed by atoms with Gasteiger partial charge in [-0.05, 0) is 58.3 Å². The molecule has 11 rings (SSSR count). The predicted octanol–water partition coefficient (Wildman–Crippen LogP) is 8.40. The minimum absolute atomic E-state index is 0.0167. The Morgan fingerprint density at radius 1 is 0.708 bits per heavy atom. The van der Waals surface area contributed by atoms with Gasteiger partial charge in [0.05, 0.1) is 27.8 Å². The molecule has 5 aromatic carbocycles. The van der Waals surface area contributed by atoms with Crippen LogP contribution in [0.1, 0.15) is 17.5 Å². The quantitative estimate of drug-likeness (QED) is 0.200. The highest BCUT2D eigenvalue weighted by atomic mass is 15.3. The van der Waals surface area contributed by atoms with Gasteiger partial charge in [-0.2, -0.15) is 0 Å². The van der Waals surface area contributed by atoms with Gasteiger partial charge in [-0.3, -0.25) is 4.90 Å². The Morgan fingerprint density at radius 2 is 1.54 bits per heavy atom. The molecule has 1 saturated carbocycles. The average Bonchev–Trinajstić information content (AvgIpc) is 3.79. The van der Waals surface area contributed by atoms with E-state index in [9.17, 15) is 0 Å². The van der Waals surface area contributed by atoms with Crippen LogP contribution in [0.2, 0.25) is 0 Å². The van der Waals surface area contributed by atoms with E-state index in [2.05, 4.69) is 161 Å². The highest BCUT2D eigenvalue weighted by molar-refractivity contribution is 6.07. The first-order valence-electron chi connectivity index (χ1n) is 16.8. The van der Waals surface area contributed by atoms with E-state index >= 15 is 0 Å². The molecule has 4 nitrogen and oxygen atoms in total. The third-order valence-corrected chi connectivity index (χ3v) is 10.9. The predicted molar refractivity (Wildman–Crippen MR) is 195 cm³/mol. The van der Waals surface area contributed by atoms with Crippen LogP contribution in [0.25, 0.3) is 55.8 Å². The van der Waals surface area contributed by atoms with Crippen molar-refractivity contribution in [1.82, 2.24) is 14.5 Å². The summed E-state index contributed by atoms with van der Waals surface area (Å²) >= 11 is 0. The van der Waals surface area contributed by atoms with Crippen LogP contribution >= 0.6 is 0 Å². The van der Waals surface area contributed by atoms with E-state index in [-0.39, 0.29) is 5.54 Å². The van der Waals surface area contributed by atoms with Crippen molar-refractivity contribution in [2.45, 2.75) is 18.4 Å². The number of anilines is 2. The van der Waals surface area contributed by atoms with E-state index in [1.165, 1.54) is 49.3 Å². The number of hydrogen-bond donors (Lipinski definition) is 0. The fraction of sp³-hybridized carbons (Fsp3) is 0.0909. The molecular weight excluding hydrogens is 585 g/mol. The summed E-state index contributed by atoms with van der Waals surface area (Å²) in [4.78, 5) is 13.1. The van der Waals surface area contributed by atoms with Crippen LogP contribution < -0.4 is 15.5 Å². The van der Waals surface area contributed by atoms with Crippen LogP contribution in [-0.2, 0) is 12.0 Å². The van der Waals surface area contributed by atoms with Gasteiger partial charge in [0.2, 0.25) is 5.95 Å². The lowest BCUT2D eigenvalue weighted by atomic mass is 9.91. The van der Waals surface area contributed by atoms with Crippen LogP contribution in [-0.4, -0.2) is 14.5 Å². The molecule has 0 saturated heterocycles. The summed E-state index contributed by atoms with van der Waals surface area (Å²) in [7, 11) is 0. The van der Waals surface area contributed by atoms with Gasteiger partial charge in [0, 0.05) is 45.8 Å². The number of rotatable bonds is 4. The largest absolute Gasteiger partial charge is 0.337 e. The maximum Gasteiger partial charge on any atom is 0.235 e. The summed E-state index contributed by atoms with van der Waals surface area (Å²) in [5.74, 6) is 1.25. The Balaban J connectivity index is 1.17. The van der Waals surface area contributed by atoms with Crippen molar-refractivity contribution < 1.29 is 0 Å². The molecule has 3 heterocycles. The molecule has 3 aliphatic carbocycles. The van der Waals surface area contributed by atoms with Crippen LogP contribution in [0.3, 0.4) is 0 Å². The molecule has 48 heavy (non-hydrogen) atoms. The normalized spacial score (nSPS) is 19.7. The average molecular weight is 615 g/mol. The standard InChI is InChI=1S/C44H30N4/c1-2-9-28(10-3-1)29-16-19-31(20-17-29)42-34-13-4-5-14-37(34)45-43(46-42)48-38-15-8-11-30-18-21-32-25-39-35(40(48)26-36(32)41(30)38)22-24-47(39)44-23-7-6-12-33(44)27-44/h1-25,33H,26-27H2. The topological polar surface area (TPSA) is 34.0 Å². The molecule has 2 unspecified atom stereocenters. The maximum atomic E-state index is 5.45. The summed E-state index contributed by atoms with van der Waals surface area (Å²) in [5.41, 5.74) is 10.4. The fourth-order valence-corrected chi connectivity index (χ4v) is 8.48. The van der Waals surface area contributed by atoms with Crippen LogP contribution in [0.5, 0.6) is 0 Å². The van der Waals surface area contributed by atoms with E-state index in [1.54, 1.807) is 0 Å². The Hall–Kier alpha value is -6.00. The van der Waals surface area contributed by atoms with E-state index in [0.717, 1.165) is 40.7 Å². The SMILES string of the molecule is C1=CC2CC2(n2ccc3c2=Cc2ccc4cccc5c4c2CC=3N5c2nc(-c3ccc(-c4ccccc4)cc3)c3ccccc3n2)C=C1. The van der Waals surface area contributed by atoms with E-state index < -0.39 is 0 Å². The third kappa shape index (κ3) is 3.60. The second kappa shape index (κ2) is 9.52. The van der Waals surface area contributed by atoms with Crippen molar-refractivity contribution in [2.24, 2.45) is 5.92 Å².